The zero-order chi connectivity index (χ0) is 27.9. The molecule has 1 atom stereocenters. The first-order valence-corrected chi connectivity index (χ1v) is 14.4. The SMILES string of the molecule is CCCCc1nc2c(N)nc3ccccc3c2n1CCCCNC(=O)CCN1C(=O)CC(SCC(N)=O)C1=O. The van der Waals surface area contributed by atoms with E-state index >= 15 is 0 Å². The maximum Gasteiger partial charge on any atom is 0.242 e. The van der Waals surface area contributed by atoms with Gasteiger partial charge in [-0.3, -0.25) is 24.1 Å². The second kappa shape index (κ2) is 12.9. The third-order valence-electron chi connectivity index (χ3n) is 6.77. The van der Waals surface area contributed by atoms with Gasteiger partial charge in [-0.25, -0.2) is 9.97 Å². The van der Waals surface area contributed by atoms with Gasteiger partial charge in [-0.1, -0.05) is 31.5 Å². The highest BCUT2D eigenvalue weighted by molar-refractivity contribution is 8.01. The number of carbonyl (C=O) groups excluding carboxylic acids is 4. The standard InChI is InChI=1S/C27H35N7O4S/c1-2-3-10-21-32-24-25(17-8-4-5-9-18(17)31-26(24)29)33(21)13-7-6-12-30-22(36)11-14-34-23(37)15-19(27(34)38)39-16-20(28)35/h4-5,8-9,19H,2-3,6-7,10-16H2,1H3,(H2,28,35)(H2,29,31)(H,30,36). The van der Waals surface area contributed by atoms with E-state index in [0.717, 1.165) is 83.1 Å². The summed E-state index contributed by atoms with van der Waals surface area (Å²) in [6.07, 6.45) is 4.58. The van der Waals surface area contributed by atoms with Crippen LogP contribution in [0.2, 0.25) is 0 Å². The van der Waals surface area contributed by atoms with E-state index in [1.165, 1.54) is 0 Å². The van der Waals surface area contributed by atoms with Crippen LogP contribution in [0.15, 0.2) is 24.3 Å². The van der Waals surface area contributed by atoms with Crippen molar-refractivity contribution in [1.29, 1.82) is 0 Å². The molecule has 1 saturated heterocycles. The number of pyridine rings is 1. The number of amides is 4. The molecule has 11 nitrogen and oxygen atoms in total. The molecule has 208 valence electrons. The minimum absolute atomic E-state index is 0.0204. The Morgan fingerprint density at radius 3 is 2.69 bits per heavy atom. The van der Waals surface area contributed by atoms with Gasteiger partial charge in [0, 0.05) is 44.3 Å². The number of thioether (sulfide) groups is 1. The lowest BCUT2D eigenvalue weighted by Crippen LogP contribution is -2.36. The van der Waals surface area contributed by atoms with Gasteiger partial charge < -0.3 is 21.4 Å². The maximum atomic E-state index is 12.4. The predicted octanol–water partition coefficient (Wildman–Crippen LogP) is 2.14. The molecule has 1 unspecified atom stereocenters. The van der Waals surface area contributed by atoms with Crippen LogP contribution >= 0.6 is 11.8 Å². The molecule has 3 heterocycles. The van der Waals surface area contributed by atoms with Gasteiger partial charge in [-0.05, 0) is 25.3 Å². The molecule has 0 saturated carbocycles. The van der Waals surface area contributed by atoms with Crippen LogP contribution in [0.5, 0.6) is 0 Å². The summed E-state index contributed by atoms with van der Waals surface area (Å²) < 4.78 is 2.24. The lowest BCUT2D eigenvalue weighted by molar-refractivity contribution is -0.138. The first-order chi connectivity index (χ1) is 18.8. The Morgan fingerprint density at radius 1 is 1.13 bits per heavy atom. The van der Waals surface area contributed by atoms with Gasteiger partial charge in [0.25, 0.3) is 0 Å². The molecule has 1 aliphatic heterocycles. The highest BCUT2D eigenvalue weighted by atomic mass is 32.2. The monoisotopic (exact) mass is 553 g/mol. The smallest absolute Gasteiger partial charge is 0.242 e. The molecule has 12 heteroatoms. The Hall–Kier alpha value is -3.67. The van der Waals surface area contributed by atoms with E-state index in [-0.39, 0.29) is 42.9 Å². The predicted molar refractivity (Wildman–Crippen MR) is 152 cm³/mol. The van der Waals surface area contributed by atoms with E-state index in [1.54, 1.807) is 0 Å². The van der Waals surface area contributed by atoms with E-state index in [9.17, 15) is 19.2 Å². The summed E-state index contributed by atoms with van der Waals surface area (Å²) >= 11 is 1.06. The van der Waals surface area contributed by atoms with Crippen LogP contribution in [-0.4, -0.2) is 67.2 Å². The van der Waals surface area contributed by atoms with Crippen molar-refractivity contribution in [3.8, 4) is 0 Å². The van der Waals surface area contributed by atoms with Gasteiger partial charge in [0.15, 0.2) is 5.82 Å². The van der Waals surface area contributed by atoms with Gasteiger partial charge in [-0.15, -0.1) is 11.8 Å². The number of nitrogens with zero attached hydrogens (tertiary/aromatic N) is 4. The van der Waals surface area contributed by atoms with Gasteiger partial charge >= 0.3 is 0 Å². The van der Waals surface area contributed by atoms with Crippen LogP contribution in [0.4, 0.5) is 5.82 Å². The zero-order valence-electron chi connectivity index (χ0n) is 22.1. The van der Waals surface area contributed by atoms with Gasteiger partial charge in [0.1, 0.15) is 11.3 Å². The van der Waals surface area contributed by atoms with Crippen LogP contribution in [0.3, 0.4) is 0 Å². The molecule has 1 aromatic carbocycles. The zero-order valence-corrected chi connectivity index (χ0v) is 23.0. The van der Waals surface area contributed by atoms with Crippen molar-refractivity contribution in [3.05, 3.63) is 30.1 Å². The molecule has 4 rings (SSSR count). The summed E-state index contributed by atoms with van der Waals surface area (Å²) in [4.78, 5) is 58.4. The average molecular weight is 554 g/mol. The first kappa shape index (κ1) is 28.3. The summed E-state index contributed by atoms with van der Waals surface area (Å²) in [6.45, 7) is 3.40. The molecule has 5 N–H and O–H groups in total. The molecule has 39 heavy (non-hydrogen) atoms. The summed E-state index contributed by atoms with van der Waals surface area (Å²) in [7, 11) is 0. The van der Waals surface area contributed by atoms with Gasteiger partial charge in [0.05, 0.1) is 22.0 Å². The van der Waals surface area contributed by atoms with Crippen molar-refractivity contribution in [2.24, 2.45) is 5.73 Å². The molecule has 1 aliphatic rings. The Bertz CT molecular complexity index is 1390. The van der Waals surface area contributed by atoms with Crippen molar-refractivity contribution in [1.82, 2.24) is 24.8 Å². The van der Waals surface area contributed by atoms with Crippen LogP contribution in [0.1, 0.15) is 51.3 Å². The molecule has 0 bridgehead atoms. The summed E-state index contributed by atoms with van der Waals surface area (Å²) in [5.41, 5.74) is 14.0. The normalized spacial score (nSPS) is 15.5. The fourth-order valence-electron chi connectivity index (χ4n) is 4.80. The van der Waals surface area contributed by atoms with Crippen molar-refractivity contribution in [3.63, 3.8) is 0 Å². The quantitative estimate of drug-likeness (QED) is 0.202. The Morgan fingerprint density at radius 2 is 1.92 bits per heavy atom. The number of imidazole rings is 1. The van der Waals surface area contributed by atoms with Crippen LogP contribution < -0.4 is 16.8 Å². The number of carbonyl (C=O) groups is 4. The van der Waals surface area contributed by atoms with E-state index in [0.29, 0.717) is 12.4 Å². The van der Waals surface area contributed by atoms with Crippen molar-refractivity contribution in [2.45, 2.75) is 63.7 Å². The summed E-state index contributed by atoms with van der Waals surface area (Å²) in [5, 5.41) is 3.29. The number of fused-ring (bicyclic) bond motifs is 3. The third kappa shape index (κ3) is 6.67. The molecular formula is C27H35N7O4S. The van der Waals surface area contributed by atoms with Crippen LogP contribution in [0.25, 0.3) is 21.9 Å². The highest BCUT2D eigenvalue weighted by Gasteiger charge is 2.38. The fraction of sp³-hybridized carbons (Fsp3) is 0.481. The minimum Gasteiger partial charge on any atom is -0.382 e. The topological polar surface area (TPSA) is 166 Å². The van der Waals surface area contributed by atoms with E-state index in [1.807, 2.05) is 24.3 Å². The number of benzene rings is 1. The van der Waals surface area contributed by atoms with Crippen LogP contribution in [0, 0.1) is 0 Å². The van der Waals surface area contributed by atoms with E-state index in [2.05, 4.69) is 21.8 Å². The number of unbranched alkanes of at least 4 members (excludes halogenated alkanes) is 2. The lowest BCUT2D eigenvalue weighted by atomic mass is 10.2. The third-order valence-corrected chi connectivity index (χ3v) is 7.99. The minimum atomic E-state index is -0.613. The molecule has 0 spiro atoms. The molecule has 4 amide bonds. The molecule has 0 radical (unpaired) electrons. The number of imide groups is 1. The Balaban J connectivity index is 1.30. The molecular weight excluding hydrogens is 518 g/mol. The number of aryl methyl sites for hydroxylation is 2. The number of para-hydroxylation sites is 1. The van der Waals surface area contributed by atoms with Gasteiger partial charge in [-0.2, -0.15) is 0 Å². The van der Waals surface area contributed by atoms with E-state index < -0.39 is 11.2 Å². The molecule has 2 aromatic heterocycles. The number of hydrogen-bond donors (Lipinski definition) is 3. The summed E-state index contributed by atoms with van der Waals surface area (Å²) in [6, 6.07) is 7.92. The average Bonchev–Trinajstić information content (AvgIpc) is 3.41. The second-order valence-electron chi connectivity index (χ2n) is 9.66. The Labute approximate surface area is 231 Å². The van der Waals surface area contributed by atoms with E-state index in [4.69, 9.17) is 16.5 Å². The maximum absolute atomic E-state index is 12.4. The van der Waals surface area contributed by atoms with Crippen molar-refractivity contribution in [2.75, 3.05) is 24.6 Å². The Kier molecular flexibility index (Phi) is 9.39. The summed E-state index contributed by atoms with van der Waals surface area (Å²) in [5.74, 6) is -0.0454. The number of primary amides is 1. The van der Waals surface area contributed by atoms with Crippen LogP contribution in [-0.2, 0) is 32.1 Å². The van der Waals surface area contributed by atoms with Gasteiger partial charge in [0.2, 0.25) is 23.6 Å². The second-order valence-corrected chi connectivity index (χ2v) is 10.8. The molecule has 0 aliphatic carbocycles. The van der Waals surface area contributed by atoms with Crippen molar-refractivity contribution < 1.29 is 19.2 Å². The van der Waals surface area contributed by atoms with Crippen molar-refractivity contribution >= 4 is 63.1 Å². The number of nitrogen functional groups attached to an aromatic ring is 1. The number of hydrogen-bond acceptors (Lipinski definition) is 8. The number of nitrogens with one attached hydrogen (secondary N) is 1. The number of aromatic nitrogens is 3. The lowest BCUT2D eigenvalue weighted by Gasteiger charge is -2.14. The fourth-order valence-corrected chi connectivity index (χ4v) is 5.69. The molecule has 3 aromatic rings. The molecule has 1 fully saturated rings. The number of rotatable bonds is 14. The number of likely N-dealkylation sites (tertiary alicyclic amines) is 1. The highest BCUT2D eigenvalue weighted by Crippen LogP contribution is 2.30. The number of nitrogens with two attached hydrogens (primary N) is 2. The number of anilines is 1. The first-order valence-electron chi connectivity index (χ1n) is 13.3. The largest absolute Gasteiger partial charge is 0.382 e.